The van der Waals surface area contributed by atoms with Gasteiger partial charge in [0.2, 0.25) is 0 Å². The Morgan fingerprint density at radius 1 is 0.647 bits per heavy atom. The molecule has 51 heavy (non-hydrogen) atoms. The average Bonchev–Trinajstić information content (AvgIpc) is 3.69. The number of aromatic nitrogens is 6. The van der Waals surface area contributed by atoms with Gasteiger partial charge < -0.3 is 4.74 Å². The number of halogens is 4. The topological polar surface area (TPSA) is 69.6 Å². The van der Waals surface area contributed by atoms with E-state index in [1.807, 2.05) is 49.1 Å². The molecule has 0 spiro atoms. The van der Waals surface area contributed by atoms with Crippen LogP contribution in [0.1, 0.15) is 75.6 Å². The summed E-state index contributed by atoms with van der Waals surface area (Å²) in [5.74, 6) is 0.532. The molecule has 13 heteroatoms. The van der Waals surface area contributed by atoms with Crippen LogP contribution >= 0.6 is 69.9 Å². The van der Waals surface area contributed by atoms with Gasteiger partial charge in [-0.3, -0.25) is 18.8 Å². The Labute approximate surface area is 327 Å². The van der Waals surface area contributed by atoms with Crippen molar-refractivity contribution in [1.29, 1.82) is 0 Å². The highest BCUT2D eigenvalue weighted by molar-refractivity contribution is 7.98. The van der Waals surface area contributed by atoms with Gasteiger partial charge in [0.25, 0.3) is 0 Å². The second-order valence-corrected chi connectivity index (χ2v) is 15.6. The molecular weight excluding hydrogens is 762 g/mol. The van der Waals surface area contributed by atoms with E-state index in [1.54, 1.807) is 35.7 Å². The fraction of sp³-hybridized carbons (Fsp3) is 0.368. The maximum Gasteiger partial charge on any atom is 0.165 e. The largest absolute Gasteiger partial charge is 0.381 e. The Hall–Kier alpha value is -2.50. The second-order valence-electron chi connectivity index (χ2n) is 12.4. The number of rotatable bonds is 16. The SMILES string of the molecule is CCCC(CCOCCC(CCC)c1c(SC)nc2c(-c3ccc(Cl)cc3Cl)nccn12)c1c(SC)nc2c(-c3ccc(Cl)cc3Cl)nccn12. The molecule has 0 amide bonds. The van der Waals surface area contributed by atoms with Crippen LogP contribution in [0, 0.1) is 0 Å². The molecule has 0 aliphatic heterocycles. The molecule has 0 bridgehead atoms. The van der Waals surface area contributed by atoms with Crippen molar-refractivity contribution < 1.29 is 4.74 Å². The molecule has 268 valence electrons. The van der Waals surface area contributed by atoms with Gasteiger partial charge in [-0.2, -0.15) is 0 Å². The highest BCUT2D eigenvalue weighted by Gasteiger charge is 2.26. The maximum atomic E-state index is 6.62. The highest BCUT2D eigenvalue weighted by atomic mass is 35.5. The summed E-state index contributed by atoms with van der Waals surface area (Å²) in [5, 5.41) is 4.28. The molecule has 6 rings (SSSR count). The van der Waals surface area contributed by atoms with E-state index in [9.17, 15) is 0 Å². The Bertz CT molecular complexity index is 1990. The minimum Gasteiger partial charge on any atom is -0.381 e. The van der Waals surface area contributed by atoms with Crippen LogP contribution in [0.5, 0.6) is 0 Å². The summed E-state index contributed by atoms with van der Waals surface area (Å²) in [7, 11) is 0. The van der Waals surface area contributed by atoms with Crippen LogP contribution in [0.2, 0.25) is 20.1 Å². The molecular formula is C38H40Cl4N6OS2. The summed E-state index contributed by atoms with van der Waals surface area (Å²) in [5.41, 5.74) is 7.08. The fourth-order valence-electron chi connectivity index (χ4n) is 6.82. The number of nitrogens with zero attached hydrogens (tertiary/aromatic N) is 6. The third-order valence-electron chi connectivity index (χ3n) is 9.12. The lowest BCUT2D eigenvalue weighted by atomic mass is 9.96. The summed E-state index contributed by atoms with van der Waals surface area (Å²) >= 11 is 28.9. The first kappa shape index (κ1) is 38.2. The van der Waals surface area contributed by atoms with E-state index in [0.29, 0.717) is 33.3 Å². The summed E-state index contributed by atoms with van der Waals surface area (Å²) in [4.78, 5) is 19.5. The molecule has 0 N–H and O–H groups in total. The number of fused-ring (bicyclic) bond motifs is 2. The van der Waals surface area contributed by atoms with Gasteiger partial charge in [-0.05, 0) is 74.6 Å². The van der Waals surface area contributed by atoms with Crippen LogP contribution in [-0.2, 0) is 4.74 Å². The van der Waals surface area contributed by atoms with Crippen LogP contribution in [0.25, 0.3) is 33.8 Å². The lowest BCUT2D eigenvalue weighted by Gasteiger charge is -2.20. The Balaban J connectivity index is 1.20. The molecule has 0 radical (unpaired) electrons. The standard InChI is InChI=1S/C38H40Cl4N6OS2/c1-5-7-23(33-37(50-3)45-35-31(43-15-17-47(33)35)27-11-9-25(39)21-29(27)41)13-19-49-20-14-24(8-6-2)34-38(51-4)46-36-32(44-16-18-48(34)36)28-12-10-26(40)22-30(28)42/h9-12,15-18,21-24H,5-8,13-14,19-20H2,1-4H3. The minimum atomic E-state index is 0.266. The van der Waals surface area contributed by atoms with Gasteiger partial charge in [0.05, 0.1) is 21.4 Å². The summed E-state index contributed by atoms with van der Waals surface area (Å²) in [6, 6.07) is 11.0. The fourth-order valence-corrected chi connectivity index (χ4v) is 9.12. The van der Waals surface area contributed by atoms with Crippen LogP contribution in [0.15, 0.2) is 71.2 Å². The summed E-state index contributed by atoms with van der Waals surface area (Å²) in [6.45, 7) is 5.76. The van der Waals surface area contributed by atoms with E-state index in [0.717, 1.165) is 82.4 Å². The molecule has 2 aromatic carbocycles. The molecule has 2 atom stereocenters. The smallest absolute Gasteiger partial charge is 0.165 e. The lowest BCUT2D eigenvalue weighted by molar-refractivity contribution is 0.117. The van der Waals surface area contributed by atoms with Gasteiger partial charge in [-0.15, -0.1) is 23.5 Å². The van der Waals surface area contributed by atoms with Crippen molar-refractivity contribution in [3.05, 3.63) is 92.7 Å². The monoisotopic (exact) mass is 800 g/mol. The van der Waals surface area contributed by atoms with Gasteiger partial charge in [-0.25, -0.2) is 9.97 Å². The maximum absolute atomic E-state index is 6.62. The van der Waals surface area contributed by atoms with Gasteiger partial charge in [0, 0.05) is 71.0 Å². The number of ether oxygens (including phenoxy) is 1. The molecule has 0 aliphatic rings. The van der Waals surface area contributed by atoms with Gasteiger partial charge in [0.15, 0.2) is 11.3 Å². The molecule has 6 aromatic rings. The van der Waals surface area contributed by atoms with E-state index in [1.165, 1.54) is 11.4 Å². The van der Waals surface area contributed by atoms with Crippen molar-refractivity contribution in [2.45, 2.75) is 74.3 Å². The first-order chi connectivity index (χ1) is 24.8. The van der Waals surface area contributed by atoms with Crippen molar-refractivity contribution >= 4 is 81.2 Å². The third-order valence-corrected chi connectivity index (χ3v) is 11.6. The van der Waals surface area contributed by atoms with E-state index in [-0.39, 0.29) is 11.8 Å². The van der Waals surface area contributed by atoms with E-state index < -0.39 is 0 Å². The zero-order chi connectivity index (χ0) is 36.1. The quantitative estimate of drug-likeness (QED) is 0.0713. The number of imidazole rings is 2. The number of benzene rings is 2. The van der Waals surface area contributed by atoms with E-state index in [4.69, 9.17) is 71.1 Å². The van der Waals surface area contributed by atoms with Crippen molar-refractivity contribution in [2.24, 2.45) is 0 Å². The van der Waals surface area contributed by atoms with Crippen molar-refractivity contribution in [2.75, 3.05) is 25.7 Å². The Kier molecular flexibility index (Phi) is 13.2. The van der Waals surface area contributed by atoms with E-state index in [2.05, 4.69) is 35.2 Å². The predicted octanol–water partition coefficient (Wildman–Crippen LogP) is 12.4. The highest BCUT2D eigenvalue weighted by Crippen LogP contribution is 2.39. The number of hydrogen-bond donors (Lipinski definition) is 0. The predicted molar refractivity (Wildman–Crippen MR) is 216 cm³/mol. The lowest BCUT2D eigenvalue weighted by Crippen LogP contribution is -2.11. The molecule has 2 unspecified atom stereocenters. The molecule has 0 aliphatic carbocycles. The van der Waals surface area contributed by atoms with Crippen molar-refractivity contribution in [3.8, 4) is 22.5 Å². The molecule has 0 saturated carbocycles. The minimum absolute atomic E-state index is 0.266. The Morgan fingerprint density at radius 3 is 1.45 bits per heavy atom. The normalized spacial score (nSPS) is 13.0. The third kappa shape index (κ3) is 8.20. The van der Waals surface area contributed by atoms with Crippen LogP contribution in [0.4, 0.5) is 0 Å². The molecule has 7 nitrogen and oxygen atoms in total. The summed E-state index contributed by atoms with van der Waals surface area (Å²) in [6.07, 6.45) is 17.7. The van der Waals surface area contributed by atoms with Crippen LogP contribution in [-0.4, -0.2) is 54.5 Å². The van der Waals surface area contributed by atoms with E-state index >= 15 is 0 Å². The molecule has 0 saturated heterocycles. The zero-order valence-electron chi connectivity index (χ0n) is 29.0. The first-order valence-electron chi connectivity index (χ1n) is 17.1. The van der Waals surface area contributed by atoms with Gasteiger partial charge in [-0.1, -0.05) is 73.1 Å². The first-order valence-corrected chi connectivity index (χ1v) is 21.1. The molecule has 0 fully saturated rings. The zero-order valence-corrected chi connectivity index (χ0v) is 33.7. The van der Waals surface area contributed by atoms with Gasteiger partial charge >= 0.3 is 0 Å². The number of hydrogen-bond acceptors (Lipinski definition) is 7. The van der Waals surface area contributed by atoms with Crippen molar-refractivity contribution in [3.63, 3.8) is 0 Å². The Morgan fingerprint density at radius 2 is 1.08 bits per heavy atom. The van der Waals surface area contributed by atoms with Crippen LogP contribution in [0.3, 0.4) is 0 Å². The van der Waals surface area contributed by atoms with Gasteiger partial charge in [0.1, 0.15) is 21.4 Å². The molecule has 4 heterocycles. The summed E-state index contributed by atoms with van der Waals surface area (Å²) < 4.78 is 10.8. The van der Waals surface area contributed by atoms with Crippen molar-refractivity contribution in [1.82, 2.24) is 28.7 Å². The number of thioether (sulfide) groups is 2. The second kappa shape index (κ2) is 17.5. The van der Waals surface area contributed by atoms with Crippen LogP contribution < -0.4 is 0 Å². The average molecular weight is 803 g/mol. The molecule has 4 aromatic heterocycles.